The molecule has 7 rings (SSSR count). The Balaban J connectivity index is 1.29. The number of hydrogen-bond acceptors (Lipinski definition) is 3. The van der Waals surface area contributed by atoms with Gasteiger partial charge < -0.3 is 9.52 Å². The molecular formula is C38H52ClNO2. The van der Waals surface area contributed by atoms with Gasteiger partial charge in [-0.05, 0) is 134 Å². The second kappa shape index (κ2) is 9.46. The van der Waals surface area contributed by atoms with Crippen LogP contribution >= 0.6 is 11.6 Å². The molecule has 0 amide bonds. The van der Waals surface area contributed by atoms with Gasteiger partial charge in [-0.3, -0.25) is 0 Å². The first-order valence-electron chi connectivity index (χ1n) is 16.9. The molecule has 5 aliphatic rings. The molecule has 0 radical (unpaired) electrons. The molecule has 0 aliphatic heterocycles. The third kappa shape index (κ3) is 3.71. The van der Waals surface area contributed by atoms with E-state index in [2.05, 4.69) is 48.5 Å². The topological polar surface area (TPSA) is 46.3 Å². The van der Waals surface area contributed by atoms with Gasteiger partial charge in [0, 0.05) is 10.6 Å². The van der Waals surface area contributed by atoms with Crippen LogP contribution in [0.25, 0.3) is 11.3 Å². The second-order valence-corrected chi connectivity index (χ2v) is 17.1. The second-order valence-electron chi connectivity index (χ2n) is 16.7. The molecule has 1 N–H and O–H groups in total. The van der Waals surface area contributed by atoms with E-state index in [1.807, 2.05) is 30.5 Å². The summed E-state index contributed by atoms with van der Waals surface area (Å²) >= 11 is 6.18. The molecule has 1 unspecified atom stereocenters. The molecule has 1 aromatic heterocycles. The van der Waals surface area contributed by atoms with Crippen molar-refractivity contribution in [2.24, 2.45) is 45.3 Å². The Bertz CT molecular complexity index is 1400. The summed E-state index contributed by atoms with van der Waals surface area (Å²) in [4.78, 5) is 5.06. The van der Waals surface area contributed by atoms with Crippen molar-refractivity contribution in [2.75, 3.05) is 0 Å². The molecular weight excluding hydrogens is 538 g/mol. The van der Waals surface area contributed by atoms with Gasteiger partial charge in [-0.2, -0.15) is 0 Å². The lowest BCUT2D eigenvalue weighted by molar-refractivity contribution is -0.227. The molecule has 0 spiro atoms. The normalized spacial score (nSPS) is 42.6. The average Bonchev–Trinajstić information content (AvgIpc) is 3.58. The maximum atomic E-state index is 11.1. The molecule has 8 atom stereocenters. The number of halogens is 1. The number of hydrogen-bond donors (Lipinski definition) is 1. The zero-order valence-electron chi connectivity index (χ0n) is 27.0. The van der Waals surface area contributed by atoms with Gasteiger partial charge in [-0.25, -0.2) is 4.98 Å². The van der Waals surface area contributed by atoms with Crippen LogP contribution < -0.4 is 0 Å². The summed E-state index contributed by atoms with van der Waals surface area (Å²) in [5, 5.41) is 11.8. The van der Waals surface area contributed by atoms with E-state index in [4.69, 9.17) is 21.0 Å². The van der Waals surface area contributed by atoms with E-state index >= 15 is 0 Å². The fourth-order valence-electron chi connectivity index (χ4n) is 12.2. The lowest BCUT2D eigenvalue weighted by Gasteiger charge is -2.72. The standard InChI is InChI=1S/C38H52ClNO2/c1-23(2)26-14-19-38(33-40-22-28(42-33)24-8-10-25(39)11-9-24)21-20-36(6)27(32(26)38)12-13-30-35(5)17-16-31(41)34(3,4)29(35)15-18-37(30,36)7/h8-11,22-23,27,29-31,41H,12-21H2,1-7H3/t27-,29+,30-,31?,35+,36-,37-,38+/m1/s1. The summed E-state index contributed by atoms with van der Waals surface area (Å²) in [5.41, 5.74) is 5.26. The van der Waals surface area contributed by atoms with Gasteiger partial charge in [0.2, 0.25) is 5.89 Å². The van der Waals surface area contributed by atoms with Gasteiger partial charge >= 0.3 is 0 Å². The molecule has 4 saturated carbocycles. The molecule has 1 heterocycles. The molecule has 0 saturated heterocycles. The van der Waals surface area contributed by atoms with Crippen LogP contribution in [0.3, 0.4) is 0 Å². The van der Waals surface area contributed by atoms with Crippen LogP contribution in [0.15, 0.2) is 46.0 Å². The highest BCUT2D eigenvalue weighted by atomic mass is 35.5. The van der Waals surface area contributed by atoms with Gasteiger partial charge in [0.1, 0.15) is 0 Å². The lowest BCUT2D eigenvalue weighted by Crippen LogP contribution is -2.65. The van der Waals surface area contributed by atoms with Crippen LogP contribution in [0.2, 0.25) is 5.02 Å². The third-order valence-electron chi connectivity index (χ3n) is 14.7. The number of nitrogens with zero attached hydrogens (tertiary/aromatic N) is 1. The van der Waals surface area contributed by atoms with E-state index in [0.29, 0.717) is 34.5 Å². The molecule has 228 valence electrons. The number of aromatic nitrogens is 1. The van der Waals surface area contributed by atoms with Crippen molar-refractivity contribution in [1.29, 1.82) is 0 Å². The molecule has 5 aliphatic carbocycles. The van der Waals surface area contributed by atoms with Crippen molar-refractivity contribution in [3.8, 4) is 11.3 Å². The molecule has 4 heteroatoms. The van der Waals surface area contributed by atoms with Gasteiger partial charge in [0.25, 0.3) is 0 Å². The highest BCUT2D eigenvalue weighted by Gasteiger charge is 2.70. The fraction of sp³-hybridized carbons (Fsp3) is 0.711. The van der Waals surface area contributed by atoms with Crippen molar-refractivity contribution < 1.29 is 9.52 Å². The van der Waals surface area contributed by atoms with Crippen LogP contribution in [-0.4, -0.2) is 16.2 Å². The maximum Gasteiger partial charge on any atom is 0.205 e. The van der Waals surface area contributed by atoms with Gasteiger partial charge in [-0.15, -0.1) is 0 Å². The number of aliphatic hydroxyl groups is 1. The van der Waals surface area contributed by atoms with Crippen LogP contribution in [0.4, 0.5) is 0 Å². The van der Waals surface area contributed by atoms with Crippen molar-refractivity contribution in [3.05, 3.63) is 52.5 Å². The SMILES string of the molecule is CC(C)C1=C2[C@H]3CC[C@@H]4[C@@]5(C)CCC(O)C(C)(C)[C@@H]5CC[C@@]4(C)[C@]3(C)CC[C@@]2(c2ncc(-c3ccc(Cl)cc3)o2)CC1. The Hall–Kier alpha value is -1.58. The molecule has 4 fully saturated rings. The summed E-state index contributed by atoms with van der Waals surface area (Å²) in [5.74, 6) is 4.25. The van der Waals surface area contributed by atoms with Gasteiger partial charge in [-0.1, -0.05) is 71.2 Å². The van der Waals surface area contributed by atoms with Gasteiger partial charge in [0.05, 0.1) is 17.7 Å². The zero-order valence-corrected chi connectivity index (χ0v) is 27.8. The van der Waals surface area contributed by atoms with Crippen molar-refractivity contribution in [1.82, 2.24) is 4.98 Å². The van der Waals surface area contributed by atoms with Crippen LogP contribution in [-0.2, 0) is 5.41 Å². The van der Waals surface area contributed by atoms with E-state index in [1.54, 1.807) is 11.1 Å². The maximum absolute atomic E-state index is 11.1. The molecule has 1 aromatic carbocycles. The van der Waals surface area contributed by atoms with E-state index in [9.17, 15) is 5.11 Å². The van der Waals surface area contributed by atoms with Crippen LogP contribution in [0, 0.1) is 45.3 Å². The summed E-state index contributed by atoms with van der Waals surface area (Å²) in [6.45, 7) is 17.6. The van der Waals surface area contributed by atoms with Gasteiger partial charge in [0.15, 0.2) is 5.76 Å². The smallest absolute Gasteiger partial charge is 0.205 e. The summed E-state index contributed by atoms with van der Waals surface area (Å²) in [7, 11) is 0. The molecule has 0 bridgehead atoms. The van der Waals surface area contributed by atoms with E-state index in [-0.39, 0.29) is 22.3 Å². The fourth-order valence-corrected chi connectivity index (χ4v) is 12.4. The molecule has 3 nitrogen and oxygen atoms in total. The first kappa shape index (κ1) is 29.1. The largest absolute Gasteiger partial charge is 0.440 e. The van der Waals surface area contributed by atoms with Crippen molar-refractivity contribution >= 4 is 11.6 Å². The lowest BCUT2D eigenvalue weighted by atomic mass is 9.33. The zero-order chi connectivity index (χ0) is 29.9. The Labute approximate surface area is 258 Å². The monoisotopic (exact) mass is 589 g/mol. The number of fused-ring (bicyclic) bond motifs is 7. The number of allylic oxidation sites excluding steroid dienone is 2. The molecule has 2 aromatic rings. The number of rotatable bonds is 3. The summed E-state index contributed by atoms with van der Waals surface area (Å²) in [6.07, 6.45) is 13.7. The Morgan fingerprint density at radius 3 is 2.31 bits per heavy atom. The quantitative estimate of drug-likeness (QED) is 0.362. The third-order valence-corrected chi connectivity index (χ3v) is 14.9. The summed E-state index contributed by atoms with van der Waals surface area (Å²) < 4.78 is 6.73. The highest BCUT2D eigenvalue weighted by molar-refractivity contribution is 6.30. The Kier molecular flexibility index (Phi) is 6.57. The van der Waals surface area contributed by atoms with E-state index in [1.165, 1.54) is 44.9 Å². The minimum Gasteiger partial charge on any atom is -0.440 e. The van der Waals surface area contributed by atoms with Crippen LogP contribution in [0.5, 0.6) is 0 Å². The Morgan fingerprint density at radius 2 is 1.60 bits per heavy atom. The Morgan fingerprint density at radius 1 is 0.857 bits per heavy atom. The predicted octanol–water partition coefficient (Wildman–Crippen LogP) is 10.4. The van der Waals surface area contributed by atoms with Crippen molar-refractivity contribution in [3.63, 3.8) is 0 Å². The first-order valence-corrected chi connectivity index (χ1v) is 17.3. The number of oxazole rings is 1. The summed E-state index contributed by atoms with van der Waals surface area (Å²) in [6, 6.07) is 7.95. The average molecular weight is 590 g/mol. The van der Waals surface area contributed by atoms with Crippen molar-refractivity contribution in [2.45, 2.75) is 124 Å². The first-order chi connectivity index (χ1) is 19.8. The minimum atomic E-state index is -0.169. The van der Waals surface area contributed by atoms with E-state index in [0.717, 1.165) is 41.5 Å². The highest BCUT2D eigenvalue weighted by Crippen LogP contribution is 2.76. The van der Waals surface area contributed by atoms with Crippen LogP contribution in [0.1, 0.15) is 119 Å². The molecule has 42 heavy (non-hydrogen) atoms. The number of aliphatic hydroxyl groups excluding tert-OH is 1. The minimum absolute atomic E-state index is 0.000650. The predicted molar refractivity (Wildman–Crippen MR) is 171 cm³/mol. The number of benzene rings is 1. The van der Waals surface area contributed by atoms with E-state index < -0.39 is 0 Å².